The van der Waals surface area contributed by atoms with Crippen molar-refractivity contribution in [3.63, 3.8) is 0 Å². The molecule has 3 heteroatoms. The molecular formula is C15H22N2O. The highest BCUT2D eigenvalue weighted by atomic mass is 16.5. The van der Waals surface area contributed by atoms with E-state index in [2.05, 4.69) is 30.4 Å². The minimum absolute atomic E-state index is 0.105. The van der Waals surface area contributed by atoms with Crippen LogP contribution in [0.25, 0.3) is 0 Å². The van der Waals surface area contributed by atoms with Crippen LogP contribution < -0.4 is 10.1 Å². The number of hydrogen-bond acceptors (Lipinski definition) is 3. The Kier molecular flexibility index (Phi) is 6.24. The molecule has 0 amide bonds. The number of benzene rings is 1. The average molecular weight is 246 g/mol. The second kappa shape index (κ2) is 7.73. The Bertz CT molecular complexity index is 409. The van der Waals surface area contributed by atoms with Crippen LogP contribution >= 0.6 is 0 Å². The lowest BCUT2D eigenvalue weighted by atomic mass is 10.1. The summed E-state index contributed by atoms with van der Waals surface area (Å²) in [6.45, 7) is 5.71. The van der Waals surface area contributed by atoms with Gasteiger partial charge in [-0.15, -0.1) is 0 Å². The van der Waals surface area contributed by atoms with E-state index in [1.54, 1.807) is 7.11 Å². The number of methoxy groups -OCH3 is 1. The highest BCUT2D eigenvalue weighted by Crippen LogP contribution is 2.20. The predicted molar refractivity (Wildman–Crippen MR) is 73.5 cm³/mol. The van der Waals surface area contributed by atoms with Gasteiger partial charge in [0, 0.05) is 13.1 Å². The monoisotopic (exact) mass is 246 g/mol. The van der Waals surface area contributed by atoms with E-state index in [0.29, 0.717) is 0 Å². The second-order valence-corrected chi connectivity index (χ2v) is 4.36. The summed E-state index contributed by atoms with van der Waals surface area (Å²) in [6, 6.07) is 8.54. The molecule has 0 fully saturated rings. The van der Waals surface area contributed by atoms with Gasteiger partial charge in [0.05, 0.1) is 19.1 Å². The highest BCUT2D eigenvalue weighted by Gasteiger charge is 2.05. The van der Waals surface area contributed by atoms with Crippen molar-refractivity contribution in [2.24, 2.45) is 5.92 Å². The summed E-state index contributed by atoms with van der Waals surface area (Å²) in [5.74, 6) is 1.05. The molecule has 0 heterocycles. The summed E-state index contributed by atoms with van der Waals surface area (Å²) in [7, 11) is 1.70. The fourth-order valence-corrected chi connectivity index (χ4v) is 1.89. The number of nitriles is 1. The number of hydrogen-bond donors (Lipinski definition) is 1. The first-order chi connectivity index (χ1) is 8.74. The molecule has 1 aromatic carbocycles. The fraction of sp³-hybridized carbons (Fsp3) is 0.533. The quantitative estimate of drug-likeness (QED) is 0.804. The molecular weight excluding hydrogens is 224 g/mol. The third-order valence-electron chi connectivity index (χ3n) is 3.12. The van der Waals surface area contributed by atoms with Gasteiger partial charge in [-0.25, -0.2) is 0 Å². The molecule has 0 radical (unpaired) electrons. The summed E-state index contributed by atoms with van der Waals surface area (Å²) in [4.78, 5) is 0. The SMILES string of the molecule is CCc1cc(CNCC(C#N)CC)ccc1OC. The van der Waals surface area contributed by atoms with Crippen LogP contribution in [-0.2, 0) is 13.0 Å². The van der Waals surface area contributed by atoms with Gasteiger partial charge in [-0.2, -0.15) is 5.26 Å². The molecule has 0 saturated carbocycles. The van der Waals surface area contributed by atoms with Crippen LogP contribution in [0.1, 0.15) is 31.4 Å². The zero-order chi connectivity index (χ0) is 13.4. The molecule has 0 spiro atoms. The lowest BCUT2D eigenvalue weighted by Crippen LogP contribution is -2.21. The molecule has 3 nitrogen and oxygen atoms in total. The van der Waals surface area contributed by atoms with Gasteiger partial charge >= 0.3 is 0 Å². The summed E-state index contributed by atoms with van der Waals surface area (Å²) in [5, 5.41) is 12.2. The molecule has 18 heavy (non-hydrogen) atoms. The van der Waals surface area contributed by atoms with Crippen LogP contribution in [0.4, 0.5) is 0 Å². The van der Waals surface area contributed by atoms with E-state index in [1.165, 1.54) is 11.1 Å². The molecule has 1 aromatic rings. The van der Waals surface area contributed by atoms with Crippen molar-refractivity contribution in [1.82, 2.24) is 5.32 Å². The van der Waals surface area contributed by atoms with E-state index in [1.807, 2.05) is 13.0 Å². The third-order valence-corrected chi connectivity index (χ3v) is 3.12. The van der Waals surface area contributed by atoms with Gasteiger partial charge in [0.2, 0.25) is 0 Å². The van der Waals surface area contributed by atoms with Crippen molar-refractivity contribution >= 4 is 0 Å². The Balaban J connectivity index is 2.55. The van der Waals surface area contributed by atoms with Gasteiger partial charge in [0.1, 0.15) is 5.75 Å². The Hall–Kier alpha value is -1.53. The lowest BCUT2D eigenvalue weighted by Gasteiger charge is -2.11. The number of aryl methyl sites for hydroxylation is 1. The van der Waals surface area contributed by atoms with Crippen LogP contribution in [0.5, 0.6) is 5.75 Å². The van der Waals surface area contributed by atoms with Gasteiger partial charge in [0.15, 0.2) is 0 Å². The fourth-order valence-electron chi connectivity index (χ4n) is 1.89. The highest BCUT2D eigenvalue weighted by molar-refractivity contribution is 5.37. The van der Waals surface area contributed by atoms with Crippen molar-refractivity contribution in [3.8, 4) is 11.8 Å². The van der Waals surface area contributed by atoms with E-state index >= 15 is 0 Å². The molecule has 0 aromatic heterocycles. The molecule has 1 atom stereocenters. The Morgan fingerprint density at radius 3 is 2.72 bits per heavy atom. The molecule has 0 saturated heterocycles. The Morgan fingerprint density at radius 1 is 1.39 bits per heavy atom. The van der Waals surface area contributed by atoms with Gasteiger partial charge in [0.25, 0.3) is 0 Å². The maximum Gasteiger partial charge on any atom is 0.122 e. The minimum Gasteiger partial charge on any atom is -0.496 e. The van der Waals surface area contributed by atoms with Crippen LogP contribution in [0.2, 0.25) is 0 Å². The third kappa shape index (κ3) is 4.05. The van der Waals surface area contributed by atoms with Crippen LogP contribution in [0.15, 0.2) is 18.2 Å². The van der Waals surface area contributed by atoms with E-state index in [-0.39, 0.29) is 5.92 Å². The molecule has 1 N–H and O–H groups in total. The molecule has 0 aliphatic heterocycles. The first-order valence-electron chi connectivity index (χ1n) is 6.51. The zero-order valence-electron chi connectivity index (χ0n) is 11.5. The maximum atomic E-state index is 8.87. The summed E-state index contributed by atoms with van der Waals surface area (Å²) in [6.07, 6.45) is 1.86. The molecule has 0 aliphatic rings. The maximum absolute atomic E-state index is 8.87. The van der Waals surface area contributed by atoms with Gasteiger partial charge in [-0.05, 0) is 30.0 Å². The number of ether oxygens (including phenoxy) is 1. The van der Waals surface area contributed by atoms with Crippen molar-refractivity contribution in [2.75, 3.05) is 13.7 Å². The van der Waals surface area contributed by atoms with Crippen molar-refractivity contribution in [2.45, 2.75) is 33.2 Å². The number of rotatable bonds is 7. The van der Waals surface area contributed by atoms with Gasteiger partial charge in [-0.3, -0.25) is 0 Å². The molecule has 0 aliphatic carbocycles. The molecule has 1 unspecified atom stereocenters. The number of nitrogens with zero attached hydrogens (tertiary/aromatic N) is 1. The van der Waals surface area contributed by atoms with Crippen LogP contribution in [0.3, 0.4) is 0 Å². The average Bonchev–Trinajstić information content (AvgIpc) is 2.43. The van der Waals surface area contributed by atoms with Gasteiger partial charge < -0.3 is 10.1 Å². The van der Waals surface area contributed by atoms with Crippen molar-refractivity contribution in [3.05, 3.63) is 29.3 Å². The first-order valence-corrected chi connectivity index (χ1v) is 6.51. The summed E-state index contributed by atoms with van der Waals surface area (Å²) in [5.41, 5.74) is 2.46. The molecule has 98 valence electrons. The standard InChI is InChI=1S/C15H22N2O/c1-4-12(9-16)10-17-11-13-6-7-15(18-3)14(5-2)8-13/h6-8,12,17H,4-5,10-11H2,1-3H3. The largest absolute Gasteiger partial charge is 0.496 e. The second-order valence-electron chi connectivity index (χ2n) is 4.36. The van der Waals surface area contributed by atoms with Crippen molar-refractivity contribution < 1.29 is 4.74 Å². The summed E-state index contributed by atoms with van der Waals surface area (Å²) < 4.78 is 5.31. The smallest absolute Gasteiger partial charge is 0.122 e. The van der Waals surface area contributed by atoms with Gasteiger partial charge in [-0.1, -0.05) is 26.0 Å². The number of nitrogens with one attached hydrogen (secondary N) is 1. The topological polar surface area (TPSA) is 45.0 Å². The zero-order valence-corrected chi connectivity index (χ0v) is 11.5. The normalized spacial score (nSPS) is 11.9. The molecule has 1 rings (SSSR count). The van der Waals surface area contributed by atoms with Crippen LogP contribution in [-0.4, -0.2) is 13.7 Å². The van der Waals surface area contributed by atoms with E-state index in [9.17, 15) is 0 Å². The Morgan fingerprint density at radius 2 is 2.17 bits per heavy atom. The van der Waals surface area contributed by atoms with Crippen LogP contribution in [0, 0.1) is 17.2 Å². The van der Waals surface area contributed by atoms with E-state index < -0.39 is 0 Å². The van der Waals surface area contributed by atoms with E-state index in [0.717, 1.165) is 31.7 Å². The lowest BCUT2D eigenvalue weighted by molar-refractivity contribution is 0.410. The Labute approximate surface area is 110 Å². The summed E-state index contributed by atoms with van der Waals surface area (Å²) >= 11 is 0. The van der Waals surface area contributed by atoms with E-state index in [4.69, 9.17) is 10.00 Å². The predicted octanol–water partition coefficient (Wildman–Crippen LogP) is 2.90. The van der Waals surface area contributed by atoms with Crippen molar-refractivity contribution in [1.29, 1.82) is 5.26 Å². The first kappa shape index (κ1) is 14.5. The molecule has 0 bridgehead atoms. The minimum atomic E-state index is 0.105.